The van der Waals surface area contributed by atoms with Crippen molar-refractivity contribution in [3.8, 4) is 5.75 Å². The van der Waals surface area contributed by atoms with Crippen molar-refractivity contribution >= 4 is 5.91 Å². The Balaban J connectivity index is 2.35. The van der Waals surface area contributed by atoms with Crippen molar-refractivity contribution in [3.05, 3.63) is 29.3 Å². The van der Waals surface area contributed by atoms with Gasteiger partial charge in [-0.15, -0.1) is 0 Å². The van der Waals surface area contributed by atoms with Gasteiger partial charge in [-0.25, -0.2) is 0 Å². The van der Waals surface area contributed by atoms with Gasteiger partial charge in [0.25, 0.3) is 0 Å². The lowest BCUT2D eigenvalue weighted by Gasteiger charge is -2.33. The van der Waals surface area contributed by atoms with Crippen LogP contribution in [0.5, 0.6) is 5.75 Å². The largest absolute Gasteiger partial charge is 0.494 e. The summed E-state index contributed by atoms with van der Waals surface area (Å²) in [5, 5.41) is 3.04. The smallest absolute Gasteiger partial charge is 0.220 e. The first-order valence-electron chi connectivity index (χ1n) is 7.99. The number of hydrogen-bond acceptors (Lipinski definition) is 3. The topological polar surface area (TPSA) is 64.3 Å². The van der Waals surface area contributed by atoms with Crippen LogP contribution in [-0.4, -0.2) is 24.6 Å². The highest BCUT2D eigenvalue weighted by Gasteiger charge is 2.28. The number of nitrogens with two attached hydrogens (primary N) is 1. The van der Waals surface area contributed by atoms with Crippen LogP contribution in [-0.2, 0) is 4.79 Å². The fraction of sp³-hybridized carbons (Fsp3) is 0.611. The Kier molecular flexibility index (Phi) is 6.88. The second kappa shape index (κ2) is 8.18. The summed E-state index contributed by atoms with van der Waals surface area (Å²) in [6.07, 6.45) is 1.14. The van der Waals surface area contributed by atoms with Crippen LogP contribution in [0.1, 0.15) is 44.7 Å². The Bertz CT molecular complexity index is 500. The summed E-state index contributed by atoms with van der Waals surface area (Å²) in [6.45, 7) is 11.2. The molecule has 124 valence electrons. The monoisotopic (exact) mass is 306 g/mol. The van der Waals surface area contributed by atoms with E-state index in [1.54, 1.807) is 0 Å². The number of carbonyl (C=O) groups excluding carboxylic acids is 1. The summed E-state index contributed by atoms with van der Waals surface area (Å²) in [5.41, 5.74) is 7.90. The average molecular weight is 306 g/mol. The van der Waals surface area contributed by atoms with Gasteiger partial charge >= 0.3 is 0 Å². The van der Waals surface area contributed by atoms with E-state index in [2.05, 4.69) is 33.0 Å². The lowest BCUT2D eigenvalue weighted by molar-refractivity contribution is -0.123. The number of ether oxygens (including phenoxy) is 1. The molecule has 0 aromatic heterocycles. The van der Waals surface area contributed by atoms with Gasteiger partial charge in [0.1, 0.15) is 5.75 Å². The standard InChI is InChI=1S/C18H30N2O2/c1-13(2)18(5,12-19)20-17(21)7-6-10-22-16-9-8-14(3)15(4)11-16/h8-9,11,13H,6-7,10,12,19H2,1-5H3,(H,20,21). The van der Waals surface area contributed by atoms with Gasteiger partial charge < -0.3 is 15.8 Å². The van der Waals surface area contributed by atoms with E-state index in [-0.39, 0.29) is 11.4 Å². The van der Waals surface area contributed by atoms with Gasteiger partial charge in [0.15, 0.2) is 0 Å². The van der Waals surface area contributed by atoms with Crippen molar-refractivity contribution in [1.82, 2.24) is 5.32 Å². The molecule has 1 aromatic rings. The predicted molar refractivity (Wildman–Crippen MR) is 91.1 cm³/mol. The van der Waals surface area contributed by atoms with Crippen molar-refractivity contribution < 1.29 is 9.53 Å². The zero-order valence-electron chi connectivity index (χ0n) is 14.5. The van der Waals surface area contributed by atoms with E-state index >= 15 is 0 Å². The van der Waals surface area contributed by atoms with Crippen LogP contribution in [0.15, 0.2) is 18.2 Å². The van der Waals surface area contributed by atoms with Gasteiger partial charge in [0.2, 0.25) is 5.91 Å². The quantitative estimate of drug-likeness (QED) is 0.726. The Hall–Kier alpha value is -1.55. The average Bonchev–Trinajstić information content (AvgIpc) is 2.46. The van der Waals surface area contributed by atoms with E-state index in [1.165, 1.54) is 11.1 Å². The van der Waals surface area contributed by atoms with Crippen LogP contribution < -0.4 is 15.8 Å². The number of hydrogen-bond donors (Lipinski definition) is 2. The highest BCUT2D eigenvalue weighted by atomic mass is 16.5. The van der Waals surface area contributed by atoms with E-state index < -0.39 is 0 Å². The highest BCUT2D eigenvalue weighted by Crippen LogP contribution is 2.17. The first kappa shape index (κ1) is 18.5. The van der Waals surface area contributed by atoms with Gasteiger partial charge in [-0.05, 0) is 56.4 Å². The molecule has 0 fully saturated rings. The van der Waals surface area contributed by atoms with Gasteiger partial charge in [0.05, 0.1) is 12.1 Å². The molecule has 0 saturated carbocycles. The Morgan fingerprint density at radius 2 is 2.00 bits per heavy atom. The molecule has 0 bridgehead atoms. The first-order chi connectivity index (χ1) is 10.3. The lowest BCUT2D eigenvalue weighted by Crippen LogP contribution is -2.55. The van der Waals surface area contributed by atoms with Gasteiger partial charge in [0, 0.05) is 13.0 Å². The van der Waals surface area contributed by atoms with Crippen LogP contribution in [0.3, 0.4) is 0 Å². The van der Waals surface area contributed by atoms with E-state index in [0.29, 0.717) is 31.9 Å². The maximum absolute atomic E-state index is 12.0. The summed E-state index contributed by atoms with van der Waals surface area (Å²) in [6, 6.07) is 6.04. The molecule has 1 rings (SSSR count). The number of carbonyl (C=O) groups is 1. The first-order valence-corrected chi connectivity index (χ1v) is 7.99. The molecule has 4 nitrogen and oxygen atoms in total. The molecule has 22 heavy (non-hydrogen) atoms. The minimum absolute atomic E-state index is 0.0327. The summed E-state index contributed by atoms with van der Waals surface area (Å²) < 4.78 is 5.69. The molecule has 1 unspecified atom stereocenters. The van der Waals surface area contributed by atoms with Crippen LogP contribution in [0.4, 0.5) is 0 Å². The summed E-state index contributed by atoms with van der Waals surface area (Å²) >= 11 is 0. The third-order valence-electron chi connectivity index (χ3n) is 4.42. The zero-order chi connectivity index (χ0) is 16.8. The molecule has 0 aliphatic rings. The molecule has 0 spiro atoms. The Morgan fingerprint density at radius 1 is 1.32 bits per heavy atom. The lowest BCUT2D eigenvalue weighted by atomic mass is 9.88. The molecule has 0 radical (unpaired) electrons. The van der Waals surface area contributed by atoms with E-state index in [4.69, 9.17) is 10.5 Å². The van der Waals surface area contributed by atoms with Crippen molar-refractivity contribution in [1.29, 1.82) is 0 Å². The molecule has 3 N–H and O–H groups in total. The van der Waals surface area contributed by atoms with Crippen LogP contribution >= 0.6 is 0 Å². The number of rotatable bonds is 8. The molecule has 0 aliphatic carbocycles. The van der Waals surface area contributed by atoms with Crippen molar-refractivity contribution in [3.63, 3.8) is 0 Å². The normalized spacial score (nSPS) is 13.8. The van der Waals surface area contributed by atoms with Gasteiger partial charge in [-0.1, -0.05) is 19.9 Å². The Morgan fingerprint density at radius 3 is 2.55 bits per heavy atom. The molecule has 0 heterocycles. The predicted octanol–water partition coefficient (Wildman–Crippen LogP) is 2.95. The minimum Gasteiger partial charge on any atom is -0.494 e. The minimum atomic E-state index is -0.341. The maximum atomic E-state index is 12.0. The van der Waals surface area contributed by atoms with Crippen LogP contribution in [0, 0.1) is 19.8 Å². The van der Waals surface area contributed by atoms with Gasteiger partial charge in [-0.2, -0.15) is 0 Å². The number of aryl methyl sites for hydroxylation is 2. The summed E-state index contributed by atoms with van der Waals surface area (Å²) in [4.78, 5) is 12.0. The van der Waals surface area contributed by atoms with Crippen LogP contribution in [0.25, 0.3) is 0 Å². The van der Waals surface area contributed by atoms with Crippen molar-refractivity contribution in [2.75, 3.05) is 13.2 Å². The van der Waals surface area contributed by atoms with E-state index in [9.17, 15) is 4.79 Å². The summed E-state index contributed by atoms with van der Waals surface area (Å²) in [5.74, 6) is 1.19. The third-order valence-corrected chi connectivity index (χ3v) is 4.42. The molecule has 1 amide bonds. The third kappa shape index (κ3) is 5.34. The van der Waals surface area contributed by atoms with Gasteiger partial charge in [-0.3, -0.25) is 4.79 Å². The SMILES string of the molecule is Cc1ccc(OCCCC(=O)NC(C)(CN)C(C)C)cc1C. The van der Waals surface area contributed by atoms with E-state index in [0.717, 1.165) is 5.75 Å². The fourth-order valence-corrected chi connectivity index (χ4v) is 2.04. The second-order valence-electron chi connectivity index (χ2n) is 6.52. The van der Waals surface area contributed by atoms with Crippen molar-refractivity contribution in [2.24, 2.45) is 11.7 Å². The fourth-order valence-electron chi connectivity index (χ4n) is 2.04. The molecule has 0 saturated heterocycles. The van der Waals surface area contributed by atoms with E-state index in [1.807, 2.05) is 25.1 Å². The molecule has 1 aromatic carbocycles. The molecule has 0 aliphatic heterocycles. The molecule has 4 heteroatoms. The highest BCUT2D eigenvalue weighted by molar-refractivity contribution is 5.76. The maximum Gasteiger partial charge on any atom is 0.220 e. The number of benzene rings is 1. The number of nitrogens with one attached hydrogen (secondary N) is 1. The Labute approximate surface area is 134 Å². The van der Waals surface area contributed by atoms with Crippen molar-refractivity contribution in [2.45, 2.75) is 53.0 Å². The zero-order valence-corrected chi connectivity index (χ0v) is 14.5. The molecular weight excluding hydrogens is 276 g/mol. The summed E-state index contributed by atoms with van der Waals surface area (Å²) in [7, 11) is 0. The number of amides is 1. The molecular formula is C18H30N2O2. The molecule has 1 atom stereocenters. The van der Waals surface area contributed by atoms with Crippen LogP contribution in [0.2, 0.25) is 0 Å². The second-order valence-corrected chi connectivity index (χ2v) is 6.52.